The average Bonchev–Trinajstić information content (AvgIpc) is 2.92. The van der Waals surface area contributed by atoms with Crippen LogP contribution in [0.2, 0.25) is 0 Å². The molecule has 1 aliphatic heterocycles. The van der Waals surface area contributed by atoms with Crippen molar-refractivity contribution in [3.05, 3.63) is 36.3 Å². The summed E-state index contributed by atoms with van der Waals surface area (Å²) in [6.07, 6.45) is 4.97. The maximum Gasteiger partial charge on any atom is 0.161 e. The summed E-state index contributed by atoms with van der Waals surface area (Å²) >= 11 is 0. The first-order valence-electron chi connectivity index (χ1n) is 7.78. The van der Waals surface area contributed by atoms with Crippen LogP contribution in [0.25, 0.3) is 11.4 Å². The normalized spacial score (nSPS) is 19.6. The summed E-state index contributed by atoms with van der Waals surface area (Å²) in [6.45, 7) is 2.67. The number of aromatic nitrogens is 3. The van der Waals surface area contributed by atoms with Gasteiger partial charge >= 0.3 is 0 Å². The van der Waals surface area contributed by atoms with Gasteiger partial charge in [-0.2, -0.15) is 0 Å². The van der Waals surface area contributed by atoms with Crippen molar-refractivity contribution in [2.24, 2.45) is 5.92 Å². The van der Waals surface area contributed by atoms with Gasteiger partial charge in [0.2, 0.25) is 0 Å². The van der Waals surface area contributed by atoms with Gasteiger partial charge in [-0.15, -0.1) is 0 Å². The Balaban J connectivity index is 1.77. The third kappa shape index (κ3) is 4.04. The van der Waals surface area contributed by atoms with E-state index in [1.807, 2.05) is 25.1 Å². The van der Waals surface area contributed by atoms with Gasteiger partial charge < -0.3 is 5.32 Å². The fraction of sp³-hybridized carbons (Fsp3) is 0.438. The maximum absolute atomic E-state index is 11.5. The van der Waals surface area contributed by atoms with E-state index in [9.17, 15) is 8.42 Å². The molecule has 2 aromatic rings. The van der Waals surface area contributed by atoms with E-state index in [4.69, 9.17) is 0 Å². The van der Waals surface area contributed by atoms with Gasteiger partial charge in [0, 0.05) is 36.3 Å². The highest BCUT2D eigenvalue weighted by Gasteiger charge is 2.27. The number of anilines is 1. The van der Waals surface area contributed by atoms with Crippen LogP contribution in [0.1, 0.15) is 19.0 Å². The standard InChI is InChI=1S/C16H20N4O2S/c1-2-14-9-15(18-10-12-5-8-23(21,22)11-12)20-16(19-14)13-3-6-17-7-4-13/h3-4,6-7,9,12H,2,5,8,10-11H2,1H3,(H,18,19,20)/t12-/m1/s1. The van der Waals surface area contributed by atoms with Gasteiger partial charge in [0.25, 0.3) is 0 Å². The third-order valence-corrected chi connectivity index (χ3v) is 5.82. The maximum atomic E-state index is 11.5. The second kappa shape index (κ2) is 6.62. The quantitative estimate of drug-likeness (QED) is 0.901. The number of pyridine rings is 1. The van der Waals surface area contributed by atoms with E-state index in [1.54, 1.807) is 12.4 Å². The Hall–Kier alpha value is -2.02. The van der Waals surface area contributed by atoms with Gasteiger partial charge in [0.15, 0.2) is 15.7 Å². The van der Waals surface area contributed by atoms with E-state index in [0.717, 1.165) is 29.9 Å². The lowest BCUT2D eigenvalue weighted by Gasteiger charge is -2.12. The fourth-order valence-electron chi connectivity index (χ4n) is 2.68. The number of aryl methyl sites for hydroxylation is 1. The van der Waals surface area contributed by atoms with Crippen molar-refractivity contribution in [1.82, 2.24) is 15.0 Å². The van der Waals surface area contributed by atoms with E-state index < -0.39 is 9.84 Å². The largest absolute Gasteiger partial charge is 0.370 e. The number of nitrogens with zero attached hydrogens (tertiary/aromatic N) is 3. The number of hydrogen-bond acceptors (Lipinski definition) is 6. The number of hydrogen-bond donors (Lipinski definition) is 1. The van der Waals surface area contributed by atoms with Gasteiger partial charge in [-0.25, -0.2) is 18.4 Å². The molecule has 3 heterocycles. The molecule has 1 atom stereocenters. The number of nitrogens with one attached hydrogen (secondary N) is 1. The smallest absolute Gasteiger partial charge is 0.161 e. The van der Waals surface area contributed by atoms with Crippen molar-refractivity contribution in [2.45, 2.75) is 19.8 Å². The third-order valence-electron chi connectivity index (χ3n) is 3.98. The molecule has 0 aromatic carbocycles. The highest BCUT2D eigenvalue weighted by atomic mass is 32.2. The first-order valence-corrected chi connectivity index (χ1v) is 9.60. The van der Waals surface area contributed by atoms with Gasteiger partial charge in [0.1, 0.15) is 5.82 Å². The van der Waals surface area contributed by atoms with E-state index in [0.29, 0.717) is 18.1 Å². The van der Waals surface area contributed by atoms with Crippen molar-refractivity contribution in [3.63, 3.8) is 0 Å². The summed E-state index contributed by atoms with van der Waals surface area (Å²) < 4.78 is 23.1. The van der Waals surface area contributed by atoms with Crippen LogP contribution < -0.4 is 5.32 Å². The zero-order chi connectivity index (χ0) is 16.3. The summed E-state index contributed by atoms with van der Waals surface area (Å²) in [6, 6.07) is 5.68. The molecule has 0 unspecified atom stereocenters. The SMILES string of the molecule is CCc1cc(NC[C@H]2CCS(=O)(=O)C2)nc(-c2ccncc2)n1. The molecular formula is C16H20N4O2S. The molecule has 0 amide bonds. The highest BCUT2D eigenvalue weighted by Crippen LogP contribution is 2.21. The molecule has 122 valence electrons. The minimum Gasteiger partial charge on any atom is -0.370 e. The number of sulfone groups is 1. The lowest BCUT2D eigenvalue weighted by Crippen LogP contribution is -2.16. The molecular weight excluding hydrogens is 312 g/mol. The first kappa shape index (κ1) is 15.9. The molecule has 0 bridgehead atoms. The Morgan fingerprint density at radius 3 is 2.70 bits per heavy atom. The Morgan fingerprint density at radius 2 is 2.04 bits per heavy atom. The van der Waals surface area contributed by atoms with Crippen LogP contribution in [0.4, 0.5) is 5.82 Å². The molecule has 6 nitrogen and oxygen atoms in total. The second-order valence-corrected chi connectivity index (χ2v) is 8.04. The molecule has 0 radical (unpaired) electrons. The van der Waals surface area contributed by atoms with Crippen LogP contribution in [0.3, 0.4) is 0 Å². The van der Waals surface area contributed by atoms with Gasteiger partial charge in [-0.1, -0.05) is 6.92 Å². The summed E-state index contributed by atoms with van der Waals surface area (Å²) in [5.74, 6) is 2.12. The summed E-state index contributed by atoms with van der Waals surface area (Å²) in [7, 11) is -2.84. The predicted octanol–water partition coefficient (Wildman–Crippen LogP) is 1.95. The summed E-state index contributed by atoms with van der Waals surface area (Å²) in [5.41, 5.74) is 1.87. The second-order valence-electron chi connectivity index (χ2n) is 5.81. The van der Waals surface area contributed by atoms with Crippen molar-refractivity contribution in [3.8, 4) is 11.4 Å². The Kier molecular flexibility index (Phi) is 4.56. The van der Waals surface area contributed by atoms with E-state index in [1.165, 1.54) is 0 Å². The molecule has 1 aliphatic rings. The zero-order valence-corrected chi connectivity index (χ0v) is 13.9. The van der Waals surface area contributed by atoms with E-state index in [-0.39, 0.29) is 11.7 Å². The van der Waals surface area contributed by atoms with Crippen LogP contribution in [0.15, 0.2) is 30.6 Å². The van der Waals surface area contributed by atoms with Crippen molar-refractivity contribution in [2.75, 3.05) is 23.4 Å². The summed E-state index contributed by atoms with van der Waals surface area (Å²) in [4.78, 5) is 13.1. The Morgan fingerprint density at radius 1 is 1.26 bits per heavy atom. The molecule has 23 heavy (non-hydrogen) atoms. The minimum atomic E-state index is -2.84. The highest BCUT2D eigenvalue weighted by molar-refractivity contribution is 7.91. The molecule has 3 rings (SSSR count). The lowest BCUT2D eigenvalue weighted by molar-refractivity contribution is 0.595. The molecule has 0 spiro atoms. The van der Waals surface area contributed by atoms with Gasteiger partial charge in [0.05, 0.1) is 11.5 Å². The van der Waals surface area contributed by atoms with Crippen molar-refractivity contribution >= 4 is 15.7 Å². The van der Waals surface area contributed by atoms with Gasteiger partial charge in [-0.05, 0) is 30.9 Å². The van der Waals surface area contributed by atoms with Crippen LogP contribution in [-0.2, 0) is 16.3 Å². The van der Waals surface area contributed by atoms with E-state index in [2.05, 4.69) is 20.3 Å². The predicted molar refractivity (Wildman–Crippen MR) is 89.9 cm³/mol. The monoisotopic (exact) mass is 332 g/mol. The molecule has 1 fully saturated rings. The molecule has 1 N–H and O–H groups in total. The van der Waals surface area contributed by atoms with Crippen molar-refractivity contribution < 1.29 is 8.42 Å². The molecule has 0 saturated carbocycles. The van der Waals surface area contributed by atoms with Crippen LogP contribution in [0, 0.1) is 5.92 Å². The van der Waals surface area contributed by atoms with Crippen molar-refractivity contribution in [1.29, 1.82) is 0 Å². The van der Waals surface area contributed by atoms with Crippen LogP contribution in [0.5, 0.6) is 0 Å². The van der Waals surface area contributed by atoms with E-state index >= 15 is 0 Å². The molecule has 7 heteroatoms. The lowest BCUT2D eigenvalue weighted by atomic mass is 10.1. The number of rotatable bonds is 5. The fourth-order valence-corrected chi connectivity index (χ4v) is 4.54. The summed E-state index contributed by atoms with van der Waals surface area (Å²) in [5, 5.41) is 3.28. The zero-order valence-electron chi connectivity index (χ0n) is 13.1. The van der Waals surface area contributed by atoms with Gasteiger partial charge in [-0.3, -0.25) is 4.98 Å². The van der Waals surface area contributed by atoms with Crippen LogP contribution >= 0.6 is 0 Å². The molecule has 0 aliphatic carbocycles. The topological polar surface area (TPSA) is 84.8 Å². The minimum absolute atomic E-state index is 0.157. The first-order chi connectivity index (χ1) is 11.1. The van der Waals surface area contributed by atoms with Crippen LogP contribution in [-0.4, -0.2) is 41.4 Å². The Bertz CT molecular complexity index is 778. The molecule has 1 saturated heterocycles. The average molecular weight is 332 g/mol. The Labute approximate surface area is 136 Å². The molecule has 2 aromatic heterocycles.